The van der Waals surface area contributed by atoms with Crippen molar-refractivity contribution in [2.45, 2.75) is 78.9 Å². The molecule has 0 spiro atoms. The van der Waals surface area contributed by atoms with Gasteiger partial charge in [0.15, 0.2) is 6.29 Å². The molecule has 1 unspecified atom stereocenters. The van der Waals surface area contributed by atoms with Crippen molar-refractivity contribution in [2.24, 2.45) is 23.7 Å². The number of amides is 2. The molecule has 1 saturated heterocycles. The standard InChI is InChI=1S/C26H43N3O4/c1-19(2)17-23(25(30)28-27-18-20(3)4)22(14-10-13-21-11-6-5-7-12-21)26(31)29-33-24-15-8-9-16-32-24/h5-7,11-12,19-20,22-24,27H,8-10,13-18H2,1-4H3,(H,28,30)(H,29,31)/t22-,23+,24?/m0/s1. The lowest BCUT2D eigenvalue weighted by Crippen LogP contribution is -2.48. The maximum Gasteiger partial charge on any atom is 0.247 e. The maximum absolute atomic E-state index is 13.2. The third-order valence-electron chi connectivity index (χ3n) is 5.86. The van der Waals surface area contributed by atoms with E-state index in [2.05, 4.69) is 56.2 Å². The quantitative estimate of drug-likeness (QED) is 0.363. The molecule has 1 aliphatic heterocycles. The van der Waals surface area contributed by atoms with E-state index in [4.69, 9.17) is 9.57 Å². The Labute approximate surface area is 199 Å². The molecule has 33 heavy (non-hydrogen) atoms. The number of hydrogen-bond acceptors (Lipinski definition) is 5. The number of hydroxylamine groups is 1. The molecule has 1 heterocycles. The van der Waals surface area contributed by atoms with Gasteiger partial charge in [-0.05, 0) is 55.9 Å². The van der Waals surface area contributed by atoms with Crippen LogP contribution < -0.4 is 16.3 Å². The van der Waals surface area contributed by atoms with E-state index in [1.54, 1.807) is 0 Å². The Bertz CT molecular complexity index is 690. The number of hydrazine groups is 1. The van der Waals surface area contributed by atoms with E-state index in [0.717, 1.165) is 32.1 Å². The van der Waals surface area contributed by atoms with Crippen LogP contribution in [-0.4, -0.2) is 31.3 Å². The van der Waals surface area contributed by atoms with Crippen molar-refractivity contribution in [1.29, 1.82) is 0 Å². The van der Waals surface area contributed by atoms with Gasteiger partial charge in [0.2, 0.25) is 11.8 Å². The van der Waals surface area contributed by atoms with Gasteiger partial charge in [0, 0.05) is 19.6 Å². The summed E-state index contributed by atoms with van der Waals surface area (Å²) in [5, 5.41) is 0. The molecular formula is C26H43N3O4. The second-order valence-corrected chi connectivity index (χ2v) is 9.86. The zero-order chi connectivity index (χ0) is 24.1. The van der Waals surface area contributed by atoms with Crippen LogP contribution >= 0.6 is 0 Å². The van der Waals surface area contributed by atoms with Crippen LogP contribution in [0, 0.1) is 23.7 Å². The highest BCUT2D eigenvalue weighted by Crippen LogP contribution is 2.27. The topological polar surface area (TPSA) is 88.7 Å². The Kier molecular flexibility index (Phi) is 12.4. The third-order valence-corrected chi connectivity index (χ3v) is 5.86. The highest BCUT2D eigenvalue weighted by molar-refractivity contribution is 5.87. The highest BCUT2D eigenvalue weighted by Gasteiger charge is 2.34. The lowest BCUT2D eigenvalue weighted by molar-refractivity contribution is -0.203. The lowest BCUT2D eigenvalue weighted by atomic mass is 9.81. The van der Waals surface area contributed by atoms with Gasteiger partial charge in [-0.3, -0.25) is 15.0 Å². The Hall–Kier alpha value is -1.96. The molecule has 0 aliphatic carbocycles. The van der Waals surface area contributed by atoms with Gasteiger partial charge in [0.25, 0.3) is 0 Å². The zero-order valence-corrected chi connectivity index (χ0v) is 20.8. The van der Waals surface area contributed by atoms with Gasteiger partial charge in [-0.25, -0.2) is 15.7 Å². The minimum atomic E-state index is -0.486. The summed E-state index contributed by atoms with van der Waals surface area (Å²) in [6.07, 6.45) is 5.26. The highest BCUT2D eigenvalue weighted by atomic mass is 16.8. The van der Waals surface area contributed by atoms with Crippen LogP contribution in [0.2, 0.25) is 0 Å². The molecule has 2 rings (SSSR count). The SMILES string of the molecule is CC(C)CNNC(=O)[C@H](CC(C)C)[C@H](CCCc1ccccc1)C(=O)NOC1CCCCO1. The van der Waals surface area contributed by atoms with Crippen molar-refractivity contribution in [2.75, 3.05) is 13.2 Å². The molecule has 2 amide bonds. The van der Waals surface area contributed by atoms with Crippen LogP contribution in [0.3, 0.4) is 0 Å². The molecule has 0 bridgehead atoms. The van der Waals surface area contributed by atoms with E-state index in [1.807, 2.05) is 18.2 Å². The van der Waals surface area contributed by atoms with Gasteiger partial charge in [-0.15, -0.1) is 0 Å². The predicted molar refractivity (Wildman–Crippen MR) is 130 cm³/mol. The Morgan fingerprint density at radius 1 is 1.03 bits per heavy atom. The summed E-state index contributed by atoms with van der Waals surface area (Å²) in [6.45, 7) is 9.62. The number of nitrogens with one attached hydrogen (secondary N) is 3. The fourth-order valence-corrected chi connectivity index (χ4v) is 4.09. The van der Waals surface area contributed by atoms with Crippen LogP contribution in [0.5, 0.6) is 0 Å². The van der Waals surface area contributed by atoms with E-state index in [1.165, 1.54) is 5.56 Å². The molecule has 1 aliphatic rings. The zero-order valence-electron chi connectivity index (χ0n) is 20.8. The van der Waals surface area contributed by atoms with Gasteiger partial charge in [-0.1, -0.05) is 58.0 Å². The Morgan fingerprint density at radius 3 is 2.42 bits per heavy atom. The van der Waals surface area contributed by atoms with Crippen molar-refractivity contribution in [3.05, 3.63) is 35.9 Å². The number of benzene rings is 1. The first-order chi connectivity index (χ1) is 15.9. The summed E-state index contributed by atoms with van der Waals surface area (Å²) in [7, 11) is 0. The average Bonchev–Trinajstić information content (AvgIpc) is 2.80. The summed E-state index contributed by atoms with van der Waals surface area (Å²) in [5.74, 6) is -0.641. The molecule has 0 aromatic heterocycles. The van der Waals surface area contributed by atoms with Crippen LogP contribution in [0.4, 0.5) is 0 Å². The molecule has 7 nitrogen and oxygen atoms in total. The van der Waals surface area contributed by atoms with Gasteiger partial charge < -0.3 is 4.74 Å². The first-order valence-electron chi connectivity index (χ1n) is 12.5. The van der Waals surface area contributed by atoms with Gasteiger partial charge in [-0.2, -0.15) is 0 Å². The number of aryl methyl sites for hydroxylation is 1. The van der Waals surface area contributed by atoms with Crippen molar-refractivity contribution < 1.29 is 19.2 Å². The van der Waals surface area contributed by atoms with Crippen molar-refractivity contribution >= 4 is 11.8 Å². The maximum atomic E-state index is 13.2. The van der Waals surface area contributed by atoms with E-state index < -0.39 is 18.1 Å². The average molecular weight is 462 g/mol. The number of rotatable bonds is 14. The predicted octanol–water partition coefficient (Wildman–Crippen LogP) is 4.14. The third kappa shape index (κ3) is 10.7. The minimum Gasteiger partial charge on any atom is -0.350 e. The smallest absolute Gasteiger partial charge is 0.247 e. The second kappa shape index (κ2) is 15.0. The van der Waals surface area contributed by atoms with Gasteiger partial charge in [0.05, 0.1) is 11.8 Å². The molecule has 3 atom stereocenters. The summed E-state index contributed by atoms with van der Waals surface area (Å²) in [4.78, 5) is 31.9. The van der Waals surface area contributed by atoms with Crippen LogP contribution in [0.1, 0.15) is 71.8 Å². The number of carbonyl (C=O) groups is 2. The minimum absolute atomic E-state index is 0.141. The summed E-state index contributed by atoms with van der Waals surface area (Å²) < 4.78 is 5.57. The molecule has 1 fully saturated rings. The van der Waals surface area contributed by atoms with E-state index in [-0.39, 0.29) is 17.7 Å². The van der Waals surface area contributed by atoms with Crippen molar-refractivity contribution in [3.63, 3.8) is 0 Å². The second-order valence-electron chi connectivity index (χ2n) is 9.86. The van der Waals surface area contributed by atoms with Crippen molar-refractivity contribution in [1.82, 2.24) is 16.3 Å². The van der Waals surface area contributed by atoms with Crippen LogP contribution in [-0.2, 0) is 25.6 Å². The monoisotopic (exact) mass is 461 g/mol. The molecule has 7 heteroatoms. The molecule has 0 saturated carbocycles. The molecule has 186 valence electrons. The summed E-state index contributed by atoms with van der Waals surface area (Å²) in [5.41, 5.74) is 9.70. The molecule has 1 aromatic rings. The Balaban J connectivity index is 2.06. The van der Waals surface area contributed by atoms with E-state index in [9.17, 15) is 9.59 Å². The van der Waals surface area contributed by atoms with Crippen LogP contribution in [0.25, 0.3) is 0 Å². The normalized spacial score (nSPS) is 18.2. The molecule has 0 radical (unpaired) electrons. The lowest BCUT2D eigenvalue weighted by Gasteiger charge is -2.28. The number of carbonyl (C=O) groups excluding carboxylic acids is 2. The van der Waals surface area contributed by atoms with Crippen molar-refractivity contribution in [3.8, 4) is 0 Å². The first-order valence-corrected chi connectivity index (χ1v) is 12.5. The fraction of sp³-hybridized carbons (Fsp3) is 0.692. The molecular weight excluding hydrogens is 418 g/mol. The van der Waals surface area contributed by atoms with Gasteiger partial charge >= 0.3 is 0 Å². The van der Waals surface area contributed by atoms with Crippen LogP contribution in [0.15, 0.2) is 30.3 Å². The van der Waals surface area contributed by atoms with Gasteiger partial charge in [0.1, 0.15) is 0 Å². The number of ether oxygens (including phenoxy) is 1. The summed E-state index contributed by atoms with van der Waals surface area (Å²) in [6, 6.07) is 10.2. The largest absolute Gasteiger partial charge is 0.350 e. The molecule has 1 aromatic carbocycles. The summed E-state index contributed by atoms with van der Waals surface area (Å²) >= 11 is 0. The molecule has 3 N–H and O–H groups in total. The first kappa shape index (κ1) is 27.3. The fourth-order valence-electron chi connectivity index (χ4n) is 4.09. The van der Waals surface area contributed by atoms with E-state index in [0.29, 0.717) is 31.9 Å². The Morgan fingerprint density at radius 2 is 1.79 bits per heavy atom. The number of hydrogen-bond donors (Lipinski definition) is 3. The van der Waals surface area contributed by atoms with E-state index >= 15 is 0 Å².